The number of hydrogen-bond acceptors (Lipinski definition) is 4. The summed E-state index contributed by atoms with van der Waals surface area (Å²) in [6.07, 6.45) is 1.61. The fourth-order valence-corrected chi connectivity index (χ4v) is 2.87. The molecule has 0 fully saturated rings. The molecule has 1 aromatic heterocycles. The SMILES string of the molecule is CC(C)c1ccc(OCC(=O)NNC(=S)NC(=O)c2c[nH]c3ccccc23)cc1. The Morgan fingerprint density at radius 2 is 1.79 bits per heavy atom. The molecule has 0 aliphatic heterocycles. The van der Waals surface area contributed by atoms with E-state index in [1.807, 2.05) is 48.5 Å². The zero-order valence-corrected chi connectivity index (χ0v) is 16.9. The van der Waals surface area contributed by atoms with E-state index in [2.05, 4.69) is 35.0 Å². The Hall–Kier alpha value is -3.39. The van der Waals surface area contributed by atoms with Crippen LogP contribution >= 0.6 is 12.2 Å². The lowest BCUT2D eigenvalue weighted by atomic mass is 10.0. The smallest absolute Gasteiger partial charge is 0.276 e. The summed E-state index contributed by atoms with van der Waals surface area (Å²) in [7, 11) is 0. The van der Waals surface area contributed by atoms with E-state index in [1.165, 1.54) is 5.56 Å². The molecule has 0 radical (unpaired) electrons. The molecule has 2 aromatic carbocycles. The summed E-state index contributed by atoms with van der Waals surface area (Å²) in [5.74, 6) is 0.217. The highest BCUT2D eigenvalue weighted by atomic mass is 32.1. The quantitative estimate of drug-likeness (QED) is 0.383. The van der Waals surface area contributed by atoms with Crippen LogP contribution in [0.4, 0.5) is 0 Å². The average Bonchev–Trinajstić information content (AvgIpc) is 3.15. The molecule has 3 rings (SSSR count). The molecular formula is C21H22N4O3S. The third-order valence-corrected chi connectivity index (χ3v) is 4.50. The van der Waals surface area contributed by atoms with Crippen LogP contribution in [0.25, 0.3) is 10.9 Å². The Kier molecular flexibility index (Phi) is 6.46. The highest BCUT2D eigenvalue weighted by molar-refractivity contribution is 7.80. The average molecular weight is 410 g/mol. The molecule has 2 amide bonds. The molecule has 150 valence electrons. The summed E-state index contributed by atoms with van der Waals surface area (Å²) in [4.78, 5) is 27.3. The third-order valence-electron chi connectivity index (χ3n) is 4.29. The van der Waals surface area contributed by atoms with Crippen molar-refractivity contribution in [2.75, 3.05) is 6.61 Å². The molecule has 0 saturated heterocycles. The Bertz CT molecular complexity index is 1030. The number of fused-ring (bicyclic) bond motifs is 1. The van der Waals surface area contributed by atoms with E-state index in [-0.39, 0.29) is 17.6 Å². The van der Waals surface area contributed by atoms with Crippen LogP contribution in [0.1, 0.15) is 35.7 Å². The van der Waals surface area contributed by atoms with E-state index in [4.69, 9.17) is 17.0 Å². The largest absolute Gasteiger partial charge is 0.484 e. The highest BCUT2D eigenvalue weighted by Gasteiger charge is 2.13. The van der Waals surface area contributed by atoms with Crippen molar-refractivity contribution in [1.82, 2.24) is 21.2 Å². The lowest BCUT2D eigenvalue weighted by Gasteiger charge is -2.12. The Morgan fingerprint density at radius 1 is 1.07 bits per heavy atom. The van der Waals surface area contributed by atoms with Gasteiger partial charge >= 0.3 is 0 Å². The minimum Gasteiger partial charge on any atom is -0.484 e. The summed E-state index contributed by atoms with van der Waals surface area (Å²) in [5.41, 5.74) is 7.39. The van der Waals surface area contributed by atoms with Crippen molar-refractivity contribution in [2.45, 2.75) is 19.8 Å². The predicted molar refractivity (Wildman–Crippen MR) is 116 cm³/mol. The summed E-state index contributed by atoms with van der Waals surface area (Å²) in [6, 6.07) is 15.0. The van der Waals surface area contributed by atoms with Gasteiger partial charge in [0.05, 0.1) is 5.56 Å². The van der Waals surface area contributed by atoms with E-state index < -0.39 is 5.91 Å². The molecule has 0 atom stereocenters. The number of benzene rings is 2. The third kappa shape index (κ3) is 5.32. The van der Waals surface area contributed by atoms with Crippen molar-refractivity contribution in [3.8, 4) is 5.75 Å². The summed E-state index contributed by atoms with van der Waals surface area (Å²) < 4.78 is 5.44. The monoisotopic (exact) mass is 410 g/mol. The first-order chi connectivity index (χ1) is 13.9. The fourth-order valence-electron chi connectivity index (χ4n) is 2.72. The van der Waals surface area contributed by atoms with Crippen LogP contribution in [0.3, 0.4) is 0 Å². The molecule has 0 spiro atoms. The van der Waals surface area contributed by atoms with E-state index >= 15 is 0 Å². The van der Waals surface area contributed by atoms with Gasteiger partial charge < -0.3 is 9.72 Å². The van der Waals surface area contributed by atoms with Crippen molar-refractivity contribution >= 4 is 40.0 Å². The summed E-state index contributed by atoms with van der Waals surface area (Å²) in [6.45, 7) is 4.03. The number of hydrogen-bond donors (Lipinski definition) is 4. The first kappa shape index (κ1) is 20.3. The van der Waals surface area contributed by atoms with E-state index in [9.17, 15) is 9.59 Å². The van der Waals surface area contributed by atoms with Gasteiger partial charge in [0, 0.05) is 17.1 Å². The van der Waals surface area contributed by atoms with Crippen LogP contribution in [0, 0.1) is 0 Å². The minimum atomic E-state index is -0.429. The molecule has 8 heteroatoms. The molecule has 3 aromatic rings. The van der Waals surface area contributed by atoms with Gasteiger partial charge in [-0.25, -0.2) is 0 Å². The number of rotatable bonds is 5. The standard InChI is InChI=1S/C21H22N4O3S/c1-13(2)14-7-9-15(10-8-14)28-12-19(26)24-25-21(29)23-20(27)17-11-22-18-6-4-3-5-16(17)18/h3-11,13,22H,12H2,1-2H3,(H,24,26)(H2,23,25,27,29). The molecule has 1 heterocycles. The fraction of sp³-hybridized carbons (Fsp3) is 0.190. The highest BCUT2D eigenvalue weighted by Crippen LogP contribution is 2.18. The number of ether oxygens (including phenoxy) is 1. The second-order valence-electron chi connectivity index (χ2n) is 6.72. The molecule has 7 nitrogen and oxygen atoms in total. The van der Waals surface area contributed by atoms with Crippen molar-refractivity contribution in [2.24, 2.45) is 0 Å². The number of thiocarbonyl (C=S) groups is 1. The molecule has 29 heavy (non-hydrogen) atoms. The number of nitrogens with one attached hydrogen (secondary N) is 4. The van der Waals surface area contributed by atoms with Crippen LogP contribution in [-0.4, -0.2) is 28.5 Å². The van der Waals surface area contributed by atoms with E-state index in [1.54, 1.807) is 6.20 Å². The van der Waals surface area contributed by atoms with Gasteiger partial charge in [0.1, 0.15) is 5.75 Å². The van der Waals surface area contributed by atoms with Gasteiger partial charge in [-0.1, -0.05) is 44.2 Å². The van der Waals surface area contributed by atoms with Crippen LogP contribution < -0.4 is 20.9 Å². The van der Waals surface area contributed by atoms with Gasteiger partial charge in [0.25, 0.3) is 11.8 Å². The molecule has 0 aliphatic rings. The minimum absolute atomic E-state index is 0.0186. The van der Waals surface area contributed by atoms with Crippen molar-refractivity contribution in [3.05, 3.63) is 65.9 Å². The van der Waals surface area contributed by atoms with Gasteiger partial charge in [-0.15, -0.1) is 0 Å². The second kappa shape index (κ2) is 9.20. The summed E-state index contributed by atoms with van der Waals surface area (Å²) in [5, 5.41) is 3.29. The zero-order chi connectivity index (χ0) is 20.8. The molecule has 4 N–H and O–H groups in total. The predicted octanol–water partition coefficient (Wildman–Crippen LogP) is 3.01. The van der Waals surface area contributed by atoms with Crippen LogP contribution in [0.5, 0.6) is 5.75 Å². The zero-order valence-electron chi connectivity index (χ0n) is 16.1. The van der Waals surface area contributed by atoms with Crippen molar-refractivity contribution in [3.63, 3.8) is 0 Å². The van der Waals surface area contributed by atoms with Crippen LogP contribution in [0.15, 0.2) is 54.7 Å². The van der Waals surface area contributed by atoms with E-state index in [0.717, 1.165) is 10.9 Å². The van der Waals surface area contributed by atoms with Gasteiger partial charge in [-0.3, -0.25) is 25.8 Å². The van der Waals surface area contributed by atoms with Gasteiger partial charge in [0.15, 0.2) is 11.7 Å². The Balaban J connectivity index is 1.44. The summed E-state index contributed by atoms with van der Waals surface area (Å²) >= 11 is 5.05. The van der Waals surface area contributed by atoms with Crippen LogP contribution in [0.2, 0.25) is 0 Å². The van der Waals surface area contributed by atoms with Crippen LogP contribution in [-0.2, 0) is 4.79 Å². The number of hydrazine groups is 1. The Morgan fingerprint density at radius 3 is 2.52 bits per heavy atom. The van der Waals surface area contributed by atoms with Crippen molar-refractivity contribution in [1.29, 1.82) is 0 Å². The number of carbonyl (C=O) groups excluding carboxylic acids is 2. The maximum atomic E-state index is 12.4. The number of amides is 2. The van der Waals surface area contributed by atoms with Gasteiger partial charge in [-0.2, -0.15) is 0 Å². The number of aromatic amines is 1. The maximum absolute atomic E-state index is 12.4. The topological polar surface area (TPSA) is 95.2 Å². The van der Waals surface area contributed by atoms with Crippen molar-refractivity contribution < 1.29 is 14.3 Å². The van der Waals surface area contributed by atoms with Gasteiger partial charge in [0.2, 0.25) is 0 Å². The number of aromatic nitrogens is 1. The Labute approximate surface area is 173 Å². The molecule has 0 saturated carbocycles. The first-order valence-electron chi connectivity index (χ1n) is 9.13. The number of carbonyl (C=O) groups is 2. The lowest BCUT2D eigenvalue weighted by Crippen LogP contribution is -2.49. The molecule has 0 unspecified atom stereocenters. The van der Waals surface area contributed by atoms with E-state index in [0.29, 0.717) is 17.2 Å². The first-order valence-corrected chi connectivity index (χ1v) is 9.54. The lowest BCUT2D eigenvalue weighted by molar-refractivity contribution is -0.123. The maximum Gasteiger partial charge on any atom is 0.276 e. The number of H-pyrrole nitrogens is 1. The normalized spacial score (nSPS) is 10.6. The number of para-hydroxylation sites is 1. The molecular weight excluding hydrogens is 388 g/mol. The van der Waals surface area contributed by atoms with Gasteiger partial charge in [-0.05, 0) is 41.9 Å². The second-order valence-corrected chi connectivity index (χ2v) is 7.13. The molecule has 0 bridgehead atoms. The molecule has 0 aliphatic carbocycles.